The fourth-order valence-electron chi connectivity index (χ4n) is 2.30. The molecule has 27 heavy (non-hydrogen) atoms. The average Bonchev–Trinajstić information content (AvgIpc) is 3.16. The molecule has 0 unspecified atom stereocenters. The molecule has 0 saturated carbocycles. The van der Waals surface area contributed by atoms with Gasteiger partial charge in [-0.1, -0.05) is 36.8 Å². The molecule has 0 bridgehead atoms. The van der Waals surface area contributed by atoms with E-state index in [9.17, 15) is 4.79 Å². The molecule has 10 heteroatoms. The van der Waals surface area contributed by atoms with E-state index in [0.29, 0.717) is 31.4 Å². The summed E-state index contributed by atoms with van der Waals surface area (Å²) in [5, 5.41) is 5.83. The number of rotatable bonds is 5. The van der Waals surface area contributed by atoms with Gasteiger partial charge in [-0.05, 0) is 35.0 Å². The van der Waals surface area contributed by atoms with Crippen LogP contribution in [0.3, 0.4) is 0 Å². The number of ether oxygens (including phenoxy) is 1. The quantitative estimate of drug-likeness (QED) is 0.272. The van der Waals surface area contributed by atoms with Crippen molar-refractivity contribution in [1.29, 1.82) is 0 Å². The van der Waals surface area contributed by atoms with Crippen molar-refractivity contribution in [1.82, 2.24) is 19.7 Å². The summed E-state index contributed by atoms with van der Waals surface area (Å²) in [7, 11) is 1.34. The highest BCUT2D eigenvalue weighted by atomic mass is 79.9. The normalized spacial score (nSPS) is 11.2. The van der Waals surface area contributed by atoms with E-state index in [0.717, 1.165) is 15.5 Å². The molecule has 0 spiro atoms. The van der Waals surface area contributed by atoms with E-state index in [-0.39, 0.29) is 0 Å². The van der Waals surface area contributed by atoms with Crippen molar-refractivity contribution < 1.29 is 9.53 Å². The highest BCUT2D eigenvalue weighted by Crippen LogP contribution is 2.40. The first-order valence-electron chi connectivity index (χ1n) is 7.95. The van der Waals surface area contributed by atoms with Gasteiger partial charge in [-0.25, -0.2) is 14.8 Å². The summed E-state index contributed by atoms with van der Waals surface area (Å²) in [5.41, 5.74) is 2.63. The van der Waals surface area contributed by atoms with E-state index in [2.05, 4.69) is 39.9 Å². The zero-order chi connectivity index (χ0) is 19.7. The third-order valence-corrected chi connectivity index (χ3v) is 6.89. The van der Waals surface area contributed by atoms with Gasteiger partial charge in [0, 0.05) is 17.0 Å². The predicted molar refractivity (Wildman–Crippen MR) is 112 cm³/mol. The Hall–Kier alpha value is -1.42. The maximum atomic E-state index is 12.3. The number of carbonyl (C=O) groups excluding carboxylic acids is 1. The van der Waals surface area contributed by atoms with Crippen LogP contribution in [0.2, 0.25) is 5.15 Å². The largest absolute Gasteiger partial charge is 0.464 e. The number of aromatic nitrogens is 4. The van der Waals surface area contributed by atoms with Crippen molar-refractivity contribution in [2.45, 2.75) is 30.2 Å². The molecule has 0 aliphatic carbocycles. The van der Waals surface area contributed by atoms with Crippen molar-refractivity contribution in [2.24, 2.45) is 0 Å². The SMILES string of the molecule is COC(=O)c1c(Br)c(C)nn1-c1nc(-c2ccc(Cl)nc2)c(SC(C)C)s1. The van der Waals surface area contributed by atoms with E-state index in [1.807, 2.05) is 13.0 Å². The lowest BCUT2D eigenvalue weighted by atomic mass is 10.2. The third-order valence-electron chi connectivity index (χ3n) is 3.48. The second kappa shape index (κ2) is 8.30. The molecule has 6 nitrogen and oxygen atoms in total. The van der Waals surface area contributed by atoms with Crippen molar-refractivity contribution in [3.05, 3.63) is 39.3 Å². The molecule has 0 aliphatic heterocycles. The van der Waals surface area contributed by atoms with E-state index < -0.39 is 5.97 Å². The smallest absolute Gasteiger partial charge is 0.358 e. The van der Waals surface area contributed by atoms with Crippen LogP contribution in [-0.2, 0) is 4.74 Å². The fraction of sp³-hybridized carbons (Fsp3) is 0.294. The van der Waals surface area contributed by atoms with Gasteiger partial charge in [0.2, 0.25) is 5.13 Å². The van der Waals surface area contributed by atoms with Gasteiger partial charge in [0.15, 0.2) is 5.69 Å². The van der Waals surface area contributed by atoms with Gasteiger partial charge in [0.05, 0.1) is 27.2 Å². The van der Waals surface area contributed by atoms with Gasteiger partial charge in [-0.2, -0.15) is 9.78 Å². The standard InChI is InChI=1S/C17H16BrClN4O2S2/c1-8(2)26-16-13(10-5-6-11(19)20-7-10)21-17(27-16)23-14(15(24)25-4)12(18)9(3)22-23/h5-8H,1-4H3. The number of nitrogens with zero attached hydrogens (tertiary/aromatic N) is 4. The van der Waals surface area contributed by atoms with E-state index in [1.54, 1.807) is 24.0 Å². The minimum absolute atomic E-state index is 0.311. The predicted octanol–water partition coefficient (Wildman–Crippen LogP) is 5.40. The number of methoxy groups -OCH3 is 1. The Bertz CT molecular complexity index is 986. The summed E-state index contributed by atoms with van der Waals surface area (Å²) < 4.78 is 8.04. The molecular weight excluding hydrogens is 472 g/mol. The van der Waals surface area contributed by atoms with Crippen LogP contribution in [0.25, 0.3) is 16.4 Å². The summed E-state index contributed by atoms with van der Waals surface area (Å²) in [6.07, 6.45) is 1.69. The molecule has 0 amide bonds. The summed E-state index contributed by atoms with van der Waals surface area (Å²) in [6.45, 7) is 6.04. The van der Waals surface area contributed by atoms with Crippen molar-refractivity contribution >= 4 is 56.6 Å². The molecule has 0 atom stereocenters. The van der Waals surface area contributed by atoms with E-state index >= 15 is 0 Å². The first kappa shape index (κ1) is 20.3. The highest BCUT2D eigenvalue weighted by Gasteiger charge is 2.25. The Morgan fingerprint density at radius 3 is 2.74 bits per heavy atom. The van der Waals surface area contributed by atoms with Gasteiger partial charge < -0.3 is 4.74 Å². The lowest BCUT2D eigenvalue weighted by molar-refractivity contribution is 0.0589. The van der Waals surface area contributed by atoms with Crippen molar-refractivity contribution in [3.8, 4) is 16.4 Å². The van der Waals surface area contributed by atoms with Gasteiger partial charge >= 0.3 is 5.97 Å². The van der Waals surface area contributed by atoms with Crippen molar-refractivity contribution in [2.75, 3.05) is 7.11 Å². The maximum absolute atomic E-state index is 12.3. The molecule has 0 aromatic carbocycles. The van der Waals surface area contributed by atoms with Crippen LogP contribution in [0.1, 0.15) is 30.0 Å². The highest BCUT2D eigenvalue weighted by molar-refractivity contribution is 9.10. The van der Waals surface area contributed by atoms with Gasteiger partial charge in [-0.3, -0.25) is 0 Å². The number of esters is 1. The molecule has 142 valence electrons. The molecule has 3 rings (SSSR count). The Kier molecular flexibility index (Phi) is 6.25. The molecule has 3 aromatic heterocycles. The first-order valence-corrected chi connectivity index (χ1v) is 10.8. The first-order chi connectivity index (χ1) is 12.8. The van der Waals surface area contributed by atoms with Crippen LogP contribution < -0.4 is 0 Å². The molecular formula is C17H16BrClN4O2S2. The molecule has 0 saturated heterocycles. The number of halogens is 2. The molecule has 0 N–H and O–H groups in total. The monoisotopic (exact) mass is 486 g/mol. The van der Waals surface area contributed by atoms with Crippen LogP contribution in [-0.4, -0.2) is 38.1 Å². The van der Waals surface area contributed by atoms with E-state index in [4.69, 9.17) is 21.3 Å². The van der Waals surface area contributed by atoms with Crippen LogP contribution in [0.15, 0.2) is 27.0 Å². The van der Waals surface area contributed by atoms with Crippen LogP contribution >= 0.6 is 50.6 Å². The van der Waals surface area contributed by atoms with Gasteiger partial charge in [-0.15, -0.1) is 11.8 Å². The Morgan fingerprint density at radius 1 is 1.41 bits per heavy atom. The average molecular weight is 488 g/mol. The maximum Gasteiger partial charge on any atom is 0.358 e. The Labute approximate surface area is 178 Å². The summed E-state index contributed by atoms with van der Waals surface area (Å²) in [6, 6.07) is 3.61. The summed E-state index contributed by atoms with van der Waals surface area (Å²) in [5.74, 6) is -0.481. The molecule has 0 radical (unpaired) electrons. The van der Waals surface area contributed by atoms with Crippen LogP contribution in [0, 0.1) is 6.92 Å². The fourth-order valence-corrected chi connectivity index (χ4v) is 5.30. The van der Waals surface area contributed by atoms with Gasteiger partial charge in [0.1, 0.15) is 5.15 Å². The van der Waals surface area contributed by atoms with Crippen LogP contribution in [0.5, 0.6) is 0 Å². The number of aryl methyl sites for hydroxylation is 1. The second-order valence-corrected chi connectivity index (χ2v) is 9.82. The third kappa shape index (κ3) is 4.21. The van der Waals surface area contributed by atoms with Gasteiger partial charge in [0.25, 0.3) is 0 Å². The summed E-state index contributed by atoms with van der Waals surface area (Å²) >= 11 is 12.5. The Morgan fingerprint density at radius 2 is 2.15 bits per heavy atom. The number of hydrogen-bond acceptors (Lipinski definition) is 7. The zero-order valence-corrected chi connectivity index (χ0v) is 19.0. The Balaban J connectivity index is 2.17. The van der Waals surface area contributed by atoms with E-state index in [1.165, 1.54) is 23.1 Å². The number of thiazole rings is 1. The lowest BCUT2D eigenvalue weighted by Gasteiger charge is -2.04. The number of thioether (sulfide) groups is 1. The number of pyridine rings is 1. The molecule has 3 heterocycles. The zero-order valence-electron chi connectivity index (χ0n) is 15.0. The summed E-state index contributed by atoms with van der Waals surface area (Å²) in [4.78, 5) is 21.2. The van der Waals surface area contributed by atoms with Crippen molar-refractivity contribution in [3.63, 3.8) is 0 Å². The van der Waals surface area contributed by atoms with Crippen LogP contribution in [0.4, 0.5) is 0 Å². The molecule has 0 fully saturated rings. The topological polar surface area (TPSA) is 69.9 Å². The lowest BCUT2D eigenvalue weighted by Crippen LogP contribution is -2.10. The molecule has 3 aromatic rings. The number of hydrogen-bond donors (Lipinski definition) is 0. The molecule has 0 aliphatic rings. The number of carbonyl (C=O) groups is 1. The minimum Gasteiger partial charge on any atom is -0.464 e. The minimum atomic E-state index is -0.481. The second-order valence-electron chi connectivity index (χ2n) is 5.82.